The van der Waals surface area contributed by atoms with E-state index >= 15 is 0 Å². The van der Waals surface area contributed by atoms with Crippen LogP contribution in [0.4, 0.5) is 0 Å². The maximum atomic E-state index is 10.7. The Balaban J connectivity index is 4.14. The van der Waals surface area contributed by atoms with Crippen LogP contribution in [-0.4, -0.2) is 19.1 Å². The Bertz CT molecular complexity index is 219. The number of ether oxygens (including phenoxy) is 1. The minimum Gasteiger partial charge on any atom is -0.466 e. The average Bonchev–Trinajstić information content (AvgIpc) is 2.11. The Morgan fingerprint density at radius 3 is 2.46 bits per heavy atom. The van der Waals surface area contributed by atoms with Gasteiger partial charge in [-0.05, 0) is 5.92 Å². The molecule has 3 nitrogen and oxygen atoms in total. The highest BCUT2D eigenvalue weighted by Crippen LogP contribution is 2.10. The summed E-state index contributed by atoms with van der Waals surface area (Å²) in [4.78, 5) is 10.7. The van der Waals surface area contributed by atoms with Gasteiger partial charge in [0.15, 0.2) is 0 Å². The van der Waals surface area contributed by atoms with Gasteiger partial charge in [-0.15, -0.1) is 0 Å². The van der Waals surface area contributed by atoms with E-state index in [0.29, 0.717) is 5.92 Å². The predicted molar refractivity (Wildman–Crippen MR) is 53.1 cm³/mol. The monoisotopic (exact) mass is 183 g/mol. The maximum Gasteiger partial charge on any atom is 0.330 e. The van der Waals surface area contributed by atoms with Crippen molar-refractivity contribution in [2.75, 3.05) is 7.11 Å². The van der Waals surface area contributed by atoms with Gasteiger partial charge in [0.2, 0.25) is 0 Å². The summed E-state index contributed by atoms with van der Waals surface area (Å²) in [5.74, 6) is -0.0793. The molecule has 0 bridgehead atoms. The van der Waals surface area contributed by atoms with Crippen molar-refractivity contribution < 1.29 is 9.53 Å². The molecule has 3 heteroatoms. The second-order valence-corrected chi connectivity index (χ2v) is 3.14. The van der Waals surface area contributed by atoms with E-state index in [-0.39, 0.29) is 6.04 Å². The number of esters is 1. The molecule has 0 aliphatic rings. The molecular formula is C10H17NO2. The van der Waals surface area contributed by atoms with Crippen molar-refractivity contribution in [3.63, 3.8) is 0 Å². The molecule has 0 saturated heterocycles. The zero-order valence-electron chi connectivity index (χ0n) is 8.41. The fraction of sp³-hybridized carbons (Fsp3) is 0.500. The highest BCUT2D eigenvalue weighted by Gasteiger charge is 2.07. The number of hydrogen-bond donors (Lipinski definition) is 1. The lowest BCUT2D eigenvalue weighted by atomic mass is 9.98. The lowest BCUT2D eigenvalue weighted by molar-refractivity contribution is -0.134. The third-order valence-corrected chi connectivity index (χ3v) is 1.81. The fourth-order valence-electron chi connectivity index (χ4n) is 0.759. The third kappa shape index (κ3) is 4.48. The SMILES string of the molecule is C=C(C(C)C)[C@H](N)/C=C/C(=O)OC. The van der Waals surface area contributed by atoms with Crippen molar-refractivity contribution in [1.82, 2.24) is 0 Å². The van der Waals surface area contributed by atoms with Crippen molar-refractivity contribution >= 4 is 5.97 Å². The number of carbonyl (C=O) groups excluding carboxylic acids is 1. The van der Waals surface area contributed by atoms with Crippen LogP contribution >= 0.6 is 0 Å². The Labute approximate surface area is 79.3 Å². The van der Waals surface area contributed by atoms with Gasteiger partial charge in [-0.1, -0.05) is 32.1 Å². The molecule has 74 valence electrons. The first kappa shape index (κ1) is 11.9. The van der Waals surface area contributed by atoms with Crippen LogP contribution in [0.15, 0.2) is 24.3 Å². The average molecular weight is 183 g/mol. The molecule has 0 aliphatic heterocycles. The van der Waals surface area contributed by atoms with E-state index in [1.807, 2.05) is 13.8 Å². The van der Waals surface area contributed by atoms with Gasteiger partial charge in [-0.25, -0.2) is 4.79 Å². The van der Waals surface area contributed by atoms with Gasteiger partial charge < -0.3 is 10.5 Å². The molecule has 0 heterocycles. The first-order chi connectivity index (χ1) is 5.99. The van der Waals surface area contributed by atoms with Crippen LogP contribution in [0, 0.1) is 5.92 Å². The van der Waals surface area contributed by atoms with Gasteiger partial charge in [0.05, 0.1) is 7.11 Å². The second-order valence-electron chi connectivity index (χ2n) is 3.14. The largest absolute Gasteiger partial charge is 0.466 e. The molecular weight excluding hydrogens is 166 g/mol. The van der Waals surface area contributed by atoms with Crippen LogP contribution in [0.2, 0.25) is 0 Å². The summed E-state index contributed by atoms with van der Waals surface area (Å²) < 4.78 is 4.43. The first-order valence-electron chi connectivity index (χ1n) is 4.19. The predicted octanol–water partition coefficient (Wildman–Crippen LogP) is 1.26. The minimum atomic E-state index is -0.396. The molecule has 0 unspecified atom stereocenters. The number of methoxy groups -OCH3 is 1. The van der Waals surface area contributed by atoms with Crippen LogP contribution in [0.25, 0.3) is 0 Å². The normalized spacial score (nSPS) is 13.3. The second kappa shape index (κ2) is 5.54. The van der Waals surface area contributed by atoms with E-state index in [4.69, 9.17) is 5.73 Å². The summed E-state index contributed by atoms with van der Waals surface area (Å²) in [6.07, 6.45) is 2.91. The van der Waals surface area contributed by atoms with Gasteiger partial charge in [0.1, 0.15) is 0 Å². The molecule has 0 fully saturated rings. The van der Waals surface area contributed by atoms with Crippen LogP contribution < -0.4 is 5.73 Å². The molecule has 0 aromatic rings. The zero-order valence-corrected chi connectivity index (χ0v) is 8.41. The van der Waals surface area contributed by atoms with E-state index in [1.165, 1.54) is 13.2 Å². The van der Waals surface area contributed by atoms with Crippen LogP contribution in [0.3, 0.4) is 0 Å². The van der Waals surface area contributed by atoms with Crippen molar-refractivity contribution in [3.8, 4) is 0 Å². The zero-order chi connectivity index (χ0) is 10.4. The summed E-state index contributed by atoms with van der Waals surface area (Å²) >= 11 is 0. The van der Waals surface area contributed by atoms with Crippen molar-refractivity contribution in [1.29, 1.82) is 0 Å². The Morgan fingerprint density at radius 1 is 1.54 bits per heavy atom. The quantitative estimate of drug-likeness (QED) is 0.405. The van der Waals surface area contributed by atoms with E-state index in [9.17, 15) is 4.79 Å². The van der Waals surface area contributed by atoms with E-state index in [0.717, 1.165) is 5.57 Å². The Morgan fingerprint density at radius 2 is 2.08 bits per heavy atom. The number of nitrogens with two attached hydrogens (primary N) is 1. The highest BCUT2D eigenvalue weighted by molar-refractivity contribution is 5.81. The molecule has 0 rings (SSSR count). The smallest absolute Gasteiger partial charge is 0.330 e. The summed E-state index contributed by atoms with van der Waals surface area (Å²) in [6.45, 7) is 7.85. The third-order valence-electron chi connectivity index (χ3n) is 1.81. The van der Waals surface area contributed by atoms with Crippen LogP contribution in [0.1, 0.15) is 13.8 Å². The first-order valence-corrected chi connectivity index (χ1v) is 4.19. The molecule has 0 aliphatic carbocycles. The van der Waals surface area contributed by atoms with Crippen LogP contribution in [0.5, 0.6) is 0 Å². The fourth-order valence-corrected chi connectivity index (χ4v) is 0.759. The van der Waals surface area contributed by atoms with Crippen molar-refractivity contribution in [3.05, 3.63) is 24.3 Å². The summed E-state index contributed by atoms with van der Waals surface area (Å²) in [6, 6.07) is -0.279. The van der Waals surface area contributed by atoms with E-state index < -0.39 is 5.97 Å². The van der Waals surface area contributed by atoms with E-state index in [1.54, 1.807) is 6.08 Å². The van der Waals surface area contributed by atoms with Crippen LogP contribution in [-0.2, 0) is 9.53 Å². The van der Waals surface area contributed by atoms with Gasteiger partial charge in [-0.2, -0.15) is 0 Å². The summed E-state index contributed by atoms with van der Waals surface area (Å²) in [5, 5.41) is 0. The summed E-state index contributed by atoms with van der Waals surface area (Å²) in [7, 11) is 1.33. The van der Waals surface area contributed by atoms with E-state index in [2.05, 4.69) is 11.3 Å². The standard InChI is InChI=1S/C10H17NO2/c1-7(2)8(3)9(11)5-6-10(12)13-4/h5-7,9H,3,11H2,1-2,4H3/b6-5+/t9-/m1/s1. The lowest BCUT2D eigenvalue weighted by Gasteiger charge is -2.13. The molecule has 0 amide bonds. The van der Waals surface area contributed by atoms with Crippen molar-refractivity contribution in [2.24, 2.45) is 11.7 Å². The molecule has 0 spiro atoms. The number of carbonyl (C=O) groups is 1. The topological polar surface area (TPSA) is 52.3 Å². The Hall–Kier alpha value is -1.09. The van der Waals surface area contributed by atoms with Crippen molar-refractivity contribution in [2.45, 2.75) is 19.9 Å². The molecule has 2 N–H and O–H groups in total. The van der Waals surface area contributed by atoms with Gasteiger partial charge >= 0.3 is 5.97 Å². The number of hydrogen-bond acceptors (Lipinski definition) is 3. The summed E-state index contributed by atoms with van der Waals surface area (Å²) in [5.41, 5.74) is 6.63. The highest BCUT2D eigenvalue weighted by atomic mass is 16.5. The number of rotatable bonds is 4. The lowest BCUT2D eigenvalue weighted by Crippen LogP contribution is -2.22. The molecule has 0 radical (unpaired) electrons. The minimum absolute atomic E-state index is 0.279. The van der Waals surface area contributed by atoms with Gasteiger partial charge in [-0.3, -0.25) is 0 Å². The molecule has 0 saturated carbocycles. The maximum absolute atomic E-state index is 10.7. The molecule has 0 aromatic heterocycles. The van der Waals surface area contributed by atoms with Gasteiger partial charge in [0.25, 0.3) is 0 Å². The molecule has 1 atom stereocenters. The molecule has 0 aromatic carbocycles. The molecule has 13 heavy (non-hydrogen) atoms. The van der Waals surface area contributed by atoms with Gasteiger partial charge in [0, 0.05) is 12.1 Å². The Kier molecular flexibility index (Phi) is 5.07.